The molecule has 0 spiro atoms. The smallest absolute Gasteiger partial charge is 0.328 e. The lowest BCUT2D eigenvalue weighted by atomic mass is 10.2. The molecule has 9 nitrogen and oxygen atoms in total. The van der Waals surface area contributed by atoms with Gasteiger partial charge in [0.25, 0.3) is 0 Å². The Kier molecular flexibility index (Phi) is 3.98. The van der Waals surface area contributed by atoms with Crippen molar-refractivity contribution >= 4 is 17.0 Å². The number of benzene rings is 1. The van der Waals surface area contributed by atoms with Crippen molar-refractivity contribution in [2.75, 3.05) is 12.3 Å². The molecular formula is C17H17N7O2. The van der Waals surface area contributed by atoms with Crippen molar-refractivity contribution in [2.45, 2.75) is 13.1 Å². The Balaban J connectivity index is 1.82. The van der Waals surface area contributed by atoms with Crippen LogP contribution in [0.15, 0.2) is 47.4 Å². The van der Waals surface area contributed by atoms with Crippen LogP contribution >= 0.6 is 0 Å². The molecule has 0 saturated heterocycles. The van der Waals surface area contributed by atoms with Crippen molar-refractivity contribution in [3.8, 4) is 11.5 Å². The number of nitrogens with one attached hydrogen (secondary N) is 1. The van der Waals surface area contributed by atoms with Crippen LogP contribution in [0.1, 0.15) is 5.56 Å². The zero-order valence-corrected chi connectivity index (χ0v) is 13.8. The molecule has 0 saturated carbocycles. The summed E-state index contributed by atoms with van der Waals surface area (Å²) in [6, 6.07) is 11.4. The van der Waals surface area contributed by atoms with E-state index in [1.165, 1.54) is 4.57 Å². The number of nitrogens with zero attached hydrogens (tertiary/aromatic N) is 5. The minimum Gasteiger partial charge on any atom is -0.394 e. The van der Waals surface area contributed by atoms with Gasteiger partial charge >= 0.3 is 5.69 Å². The molecule has 0 bridgehead atoms. The highest BCUT2D eigenvalue weighted by Crippen LogP contribution is 2.20. The number of nitrogen functional groups attached to an aromatic ring is 1. The Labute approximate surface area is 147 Å². The van der Waals surface area contributed by atoms with Crippen LogP contribution in [0.4, 0.5) is 5.82 Å². The van der Waals surface area contributed by atoms with Crippen LogP contribution in [0.5, 0.6) is 0 Å². The number of aliphatic hydroxyl groups is 1. The summed E-state index contributed by atoms with van der Waals surface area (Å²) < 4.78 is 3.12. The average Bonchev–Trinajstić information content (AvgIpc) is 3.22. The molecule has 3 heterocycles. The molecule has 26 heavy (non-hydrogen) atoms. The third kappa shape index (κ3) is 2.84. The highest BCUT2D eigenvalue weighted by Gasteiger charge is 2.16. The second-order valence-electron chi connectivity index (χ2n) is 5.82. The Morgan fingerprint density at radius 2 is 1.96 bits per heavy atom. The van der Waals surface area contributed by atoms with E-state index in [2.05, 4.69) is 20.1 Å². The van der Waals surface area contributed by atoms with Crippen LogP contribution < -0.4 is 11.4 Å². The molecule has 0 radical (unpaired) electrons. The predicted molar refractivity (Wildman–Crippen MR) is 96.4 cm³/mol. The van der Waals surface area contributed by atoms with Gasteiger partial charge in [-0.3, -0.25) is 9.25 Å². The molecule has 0 aliphatic heterocycles. The standard InChI is InChI=1S/C17H17N7O2/c18-14-13-16(21-15(20-14)12-6-7-23(22-12)8-9-25)24(17(26)19-13)10-11-4-2-1-3-5-11/h1-7,25H,8-10H2,(H,19,26)(H2,18,20,21). The summed E-state index contributed by atoms with van der Waals surface area (Å²) in [5, 5.41) is 13.3. The summed E-state index contributed by atoms with van der Waals surface area (Å²) in [5.74, 6) is 0.512. The lowest BCUT2D eigenvalue weighted by molar-refractivity contribution is 0.269. The number of aromatic nitrogens is 6. The summed E-state index contributed by atoms with van der Waals surface area (Å²) in [5.41, 5.74) is 8.06. The topological polar surface area (TPSA) is 128 Å². The van der Waals surface area contributed by atoms with E-state index >= 15 is 0 Å². The van der Waals surface area contributed by atoms with Crippen LogP contribution in [0.25, 0.3) is 22.7 Å². The van der Waals surface area contributed by atoms with E-state index in [1.807, 2.05) is 30.3 Å². The first-order chi connectivity index (χ1) is 12.7. The van der Waals surface area contributed by atoms with E-state index in [0.29, 0.717) is 35.8 Å². The number of anilines is 1. The van der Waals surface area contributed by atoms with Gasteiger partial charge in [0, 0.05) is 6.20 Å². The fourth-order valence-corrected chi connectivity index (χ4v) is 2.79. The molecule has 0 atom stereocenters. The van der Waals surface area contributed by atoms with Crippen molar-refractivity contribution < 1.29 is 5.11 Å². The van der Waals surface area contributed by atoms with E-state index in [-0.39, 0.29) is 18.1 Å². The average molecular weight is 351 g/mol. The lowest BCUT2D eigenvalue weighted by Crippen LogP contribution is -2.17. The number of hydrogen-bond donors (Lipinski definition) is 3. The van der Waals surface area contributed by atoms with Gasteiger partial charge in [0.15, 0.2) is 17.3 Å². The largest absolute Gasteiger partial charge is 0.394 e. The van der Waals surface area contributed by atoms with E-state index in [9.17, 15) is 4.79 Å². The minimum atomic E-state index is -0.298. The third-order valence-electron chi connectivity index (χ3n) is 4.03. The van der Waals surface area contributed by atoms with Crippen molar-refractivity contribution in [3.05, 3.63) is 58.6 Å². The van der Waals surface area contributed by atoms with Gasteiger partial charge in [-0.05, 0) is 11.6 Å². The molecule has 0 aliphatic rings. The molecule has 0 amide bonds. The molecule has 4 N–H and O–H groups in total. The van der Waals surface area contributed by atoms with Crippen LogP contribution in [-0.2, 0) is 13.1 Å². The van der Waals surface area contributed by atoms with E-state index in [4.69, 9.17) is 10.8 Å². The summed E-state index contributed by atoms with van der Waals surface area (Å²) in [6.07, 6.45) is 1.73. The molecule has 9 heteroatoms. The summed E-state index contributed by atoms with van der Waals surface area (Å²) in [7, 11) is 0. The molecule has 132 valence electrons. The Morgan fingerprint density at radius 1 is 1.15 bits per heavy atom. The first-order valence-electron chi connectivity index (χ1n) is 8.10. The predicted octanol–water partition coefficient (Wildman–Crippen LogP) is 0.606. The number of aromatic amines is 1. The maximum Gasteiger partial charge on any atom is 0.328 e. The van der Waals surface area contributed by atoms with Gasteiger partial charge in [-0.2, -0.15) is 5.10 Å². The highest BCUT2D eigenvalue weighted by molar-refractivity contribution is 5.83. The summed E-state index contributed by atoms with van der Waals surface area (Å²) in [4.78, 5) is 23.8. The second-order valence-corrected chi connectivity index (χ2v) is 5.82. The zero-order valence-electron chi connectivity index (χ0n) is 13.8. The number of rotatable bonds is 5. The van der Waals surface area contributed by atoms with Crippen molar-refractivity contribution in [2.24, 2.45) is 0 Å². The van der Waals surface area contributed by atoms with Crippen molar-refractivity contribution in [1.82, 2.24) is 29.3 Å². The summed E-state index contributed by atoms with van der Waals surface area (Å²) in [6.45, 7) is 0.729. The molecule has 4 rings (SSSR count). The molecule has 1 aromatic carbocycles. The van der Waals surface area contributed by atoms with Crippen LogP contribution in [0.3, 0.4) is 0 Å². The normalized spacial score (nSPS) is 11.3. The SMILES string of the molecule is Nc1nc(-c2ccn(CCO)n2)nc2c1[nH]c(=O)n2Cc1ccccc1. The zero-order chi connectivity index (χ0) is 18.1. The highest BCUT2D eigenvalue weighted by atomic mass is 16.3. The van der Waals surface area contributed by atoms with Gasteiger partial charge in [-0.15, -0.1) is 0 Å². The maximum absolute atomic E-state index is 12.4. The van der Waals surface area contributed by atoms with E-state index < -0.39 is 0 Å². The Bertz CT molecular complexity index is 1110. The Morgan fingerprint density at radius 3 is 2.73 bits per heavy atom. The van der Waals surface area contributed by atoms with Gasteiger partial charge < -0.3 is 15.8 Å². The minimum absolute atomic E-state index is 0.0163. The third-order valence-corrected chi connectivity index (χ3v) is 4.03. The molecular weight excluding hydrogens is 334 g/mol. The van der Waals surface area contributed by atoms with Gasteiger partial charge in [-0.1, -0.05) is 30.3 Å². The number of fused-ring (bicyclic) bond motifs is 1. The van der Waals surface area contributed by atoms with E-state index in [0.717, 1.165) is 5.56 Å². The van der Waals surface area contributed by atoms with Gasteiger partial charge in [-0.25, -0.2) is 14.8 Å². The number of aliphatic hydroxyl groups excluding tert-OH is 1. The van der Waals surface area contributed by atoms with Crippen LogP contribution in [0.2, 0.25) is 0 Å². The van der Waals surface area contributed by atoms with Gasteiger partial charge in [0.05, 0.1) is 19.7 Å². The molecule has 0 unspecified atom stereocenters. The fourth-order valence-electron chi connectivity index (χ4n) is 2.79. The fraction of sp³-hybridized carbons (Fsp3) is 0.176. The Hall–Kier alpha value is -3.46. The molecule has 4 aromatic rings. The number of nitrogens with two attached hydrogens (primary N) is 1. The summed E-state index contributed by atoms with van der Waals surface area (Å²) >= 11 is 0. The van der Waals surface area contributed by atoms with Crippen LogP contribution in [-0.4, -0.2) is 41.0 Å². The number of hydrogen-bond acceptors (Lipinski definition) is 6. The number of H-pyrrole nitrogens is 1. The first kappa shape index (κ1) is 16.0. The van der Waals surface area contributed by atoms with Crippen molar-refractivity contribution in [3.63, 3.8) is 0 Å². The van der Waals surface area contributed by atoms with E-state index in [1.54, 1.807) is 16.9 Å². The van der Waals surface area contributed by atoms with Crippen LogP contribution in [0, 0.1) is 0 Å². The molecule has 0 fully saturated rings. The maximum atomic E-state index is 12.4. The first-order valence-corrected chi connectivity index (χ1v) is 8.10. The molecule has 0 aliphatic carbocycles. The second kappa shape index (κ2) is 6.45. The molecule has 3 aromatic heterocycles. The lowest BCUT2D eigenvalue weighted by Gasteiger charge is -2.05. The van der Waals surface area contributed by atoms with Crippen molar-refractivity contribution in [1.29, 1.82) is 0 Å². The number of imidazole rings is 1. The monoisotopic (exact) mass is 351 g/mol. The van der Waals surface area contributed by atoms with Gasteiger partial charge in [0.1, 0.15) is 11.2 Å². The quantitative estimate of drug-likeness (QED) is 0.483. The van der Waals surface area contributed by atoms with Gasteiger partial charge in [0.2, 0.25) is 0 Å².